The third kappa shape index (κ3) is 2.75. The molecule has 1 N–H and O–H groups in total. The van der Waals surface area contributed by atoms with Crippen LogP contribution in [-0.2, 0) is 17.8 Å². The minimum Gasteiger partial charge on any atom is -0.489 e. The van der Waals surface area contributed by atoms with E-state index in [-0.39, 0.29) is 5.91 Å². The molecule has 0 saturated carbocycles. The van der Waals surface area contributed by atoms with Crippen molar-refractivity contribution in [2.75, 3.05) is 5.32 Å². The van der Waals surface area contributed by atoms with Crippen LogP contribution < -0.4 is 10.1 Å². The zero-order valence-corrected chi connectivity index (χ0v) is 11.5. The molecule has 2 aromatic rings. The van der Waals surface area contributed by atoms with Gasteiger partial charge >= 0.3 is 0 Å². The van der Waals surface area contributed by atoms with Crippen LogP contribution in [0.4, 0.5) is 5.69 Å². The van der Waals surface area contributed by atoms with Gasteiger partial charge in [-0.2, -0.15) is 0 Å². The molecule has 4 nitrogen and oxygen atoms in total. The molecule has 20 heavy (non-hydrogen) atoms. The minimum atomic E-state index is 0.0633. The van der Waals surface area contributed by atoms with Gasteiger partial charge in [0.15, 0.2) is 0 Å². The molecular weight excluding hydrogens is 276 g/mol. The number of carbonyl (C=O) groups is 1. The second kappa shape index (κ2) is 5.51. The summed E-state index contributed by atoms with van der Waals surface area (Å²) >= 11 is 5.98. The lowest BCUT2D eigenvalue weighted by Crippen LogP contribution is -2.18. The van der Waals surface area contributed by atoms with Crippen LogP contribution in [0.15, 0.2) is 36.5 Å². The van der Waals surface area contributed by atoms with Gasteiger partial charge in [-0.05, 0) is 36.2 Å². The van der Waals surface area contributed by atoms with Crippen molar-refractivity contribution in [1.82, 2.24) is 4.98 Å². The summed E-state index contributed by atoms with van der Waals surface area (Å²) in [5.74, 6) is 0.827. The molecule has 5 heteroatoms. The Balaban J connectivity index is 1.73. The molecule has 2 heterocycles. The monoisotopic (exact) mass is 288 g/mol. The number of rotatable bonds is 3. The van der Waals surface area contributed by atoms with Crippen LogP contribution in [0.1, 0.15) is 17.5 Å². The molecule has 1 aromatic carbocycles. The predicted molar refractivity (Wildman–Crippen MR) is 77.0 cm³/mol. The summed E-state index contributed by atoms with van der Waals surface area (Å²) in [6.45, 7) is 0.373. The van der Waals surface area contributed by atoms with E-state index in [9.17, 15) is 4.79 Å². The van der Waals surface area contributed by atoms with E-state index in [1.165, 1.54) is 0 Å². The summed E-state index contributed by atoms with van der Waals surface area (Å²) in [5, 5.41) is 3.30. The maximum atomic E-state index is 11.3. The van der Waals surface area contributed by atoms with Crippen molar-refractivity contribution in [3.05, 3.63) is 52.8 Å². The first-order chi connectivity index (χ1) is 9.72. The predicted octanol–water partition coefficient (Wildman–Crippen LogP) is 3.20. The first-order valence-corrected chi connectivity index (χ1v) is 6.75. The molecule has 0 spiro atoms. The first kappa shape index (κ1) is 12.9. The number of pyridine rings is 1. The van der Waals surface area contributed by atoms with Crippen molar-refractivity contribution in [3.8, 4) is 5.75 Å². The maximum Gasteiger partial charge on any atom is 0.224 e. The van der Waals surface area contributed by atoms with Gasteiger partial charge in [0.25, 0.3) is 0 Å². The van der Waals surface area contributed by atoms with Crippen molar-refractivity contribution in [1.29, 1.82) is 0 Å². The van der Waals surface area contributed by atoms with Gasteiger partial charge in [-0.25, -0.2) is 4.98 Å². The molecule has 0 saturated heterocycles. The number of aryl methyl sites for hydroxylation is 1. The van der Waals surface area contributed by atoms with Crippen LogP contribution in [-0.4, -0.2) is 10.9 Å². The number of hydrogen-bond donors (Lipinski definition) is 1. The second-order valence-corrected chi connectivity index (χ2v) is 4.97. The Morgan fingerprint density at radius 2 is 2.20 bits per heavy atom. The second-order valence-electron chi connectivity index (χ2n) is 4.61. The van der Waals surface area contributed by atoms with Gasteiger partial charge in [-0.3, -0.25) is 4.79 Å². The standard InChI is InChI=1S/C15H13ClN2O2/c16-15-11(2-1-7-17-15)9-20-12-4-5-13-10(8-12)3-6-14(19)18-13/h1-2,4-5,7-8H,3,6,9H2,(H,18,19). The summed E-state index contributed by atoms with van der Waals surface area (Å²) in [4.78, 5) is 15.3. The Bertz CT molecular complexity index is 658. The number of amides is 1. The fraction of sp³-hybridized carbons (Fsp3) is 0.200. The Hall–Kier alpha value is -2.07. The number of fused-ring (bicyclic) bond motifs is 1. The Kier molecular flexibility index (Phi) is 3.56. The smallest absolute Gasteiger partial charge is 0.224 e. The van der Waals surface area contributed by atoms with Crippen LogP contribution in [0, 0.1) is 0 Å². The van der Waals surface area contributed by atoms with Gasteiger partial charge in [-0.15, -0.1) is 0 Å². The number of anilines is 1. The van der Waals surface area contributed by atoms with E-state index in [4.69, 9.17) is 16.3 Å². The highest BCUT2D eigenvalue weighted by molar-refractivity contribution is 6.30. The van der Waals surface area contributed by atoms with Gasteiger partial charge < -0.3 is 10.1 Å². The van der Waals surface area contributed by atoms with Crippen LogP contribution in [0.2, 0.25) is 5.15 Å². The maximum absolute atomic E-state index is 11.3. The summed E-state index contributed by atoms with van der Waals surface area (Å²) in [5.41, 5.74) is 2.81. The van der Waals surface area contributed by atoms with E-state index >= 15 is 0 Å². The van der Waals surface area contributed by atoms with Crippen molar-refractivity contribution >= 4 is 23.2 Å². The number of carbonyl (C=O) groups excluding carboxylic acids is 1. The van der Waals surface area contributed by atoms with Gasteiger partial charge in [-0.1, -0.05) is 17.7 Å². The summed E-state index contributed by atoms with van der Waals surface area (Å²) in [6.07, 6.45) is 2.91. The quantitative estimate of drug-likeness (QED) is 0.883. The van der Waals surface area contributed by atoms with E-state index in [1.807, 2.05) is 30.3 Å². The fourth-order valence-corrected chi connectivity index (χ4v) is 2.31. The molecule has 1 aliphatic heterocycles. The molecule has 1 amide bonds. The molecule has 0 bridgehead atoms. The number of halogens is 1. The molecule has 1 aliphatic rings. The van der Waals surface area contributed by atoms with Crippen LogP contribution in [0.25, 0.3) is 0 Å². The number of ether oxygens (including phenoxy) is 1. The van der Waals surface area contributed by atoms with Crippen molar-refractivity contribution < 1.29 is 9.53 Å². The van der Waals surface area contributed by atoms with Crippen molar-refractivity contribution in [2.45, 2.75) is 19.4 Å². The lowest BCUT2D eigenvalue weighted by Gasteiger charge is -2.17. The molecule has 0 aliphatic carbocycles. The van der Waals surface area contributed by atoms with Gasteiger partial charge in [0.05, 0.1) is 0 Å². The van der Waals surface area contributed by atoms with Crippen LogP contribution in [0.5, 0.6) is 5.75 Å². The fourth-order valence-electron chi connectivity index (χ4n) is 2.14. The van der Waals surface area contributed by atoms with Crippen LogP contribution in [0.3, 0.4) is 0 Å². The summed E-state index contributed by atoms with van der Waals surface area (Å²) in [7, 11) is 0. The molecule has 0 fully saturated rings. The van der Waals surface area contributed by atoms with Crippen molar-refractivity contribution in [2.24, 2.45) is 0 Å². The molecular formula is C15H13ClN2O2. The Labute approximate surface area is 121 Å². The lowest BCUT2D eigenvalue weighted by molar-refractivity contribution is -0.116. The number of benzene rings is 1. The van der Waals surface area contributed by atoms with E-state index < -0.39 is 0 Å². The Morgan fingerprint density at radius 1 is 1.30 bits per heavy atom. The number of nitrogens with one attached hydrogen (secondary N) is 1. The molecule has 0 atom stereocenters. The average molecular weight is 289 g/mol. The number of nitrogens with zero attached hydrogens (tertiary/aromatic N) is 1. The van der Waals surface area contributed by atoms with E-state index in [0.717, 1.165) is 29.0 Å². The Morgan fingerprint density at radius 3 is 3.05 bits per heavy atom. The molecule has 3 rings (SSSR count). The third-order valence-electron chi connectivity index (χ3n) is 3.20. The lowest BCUT2D eigenvalue weighted by atomic mass is 10.0. The zero-order chi connectivity index (χ0) is 13.9. The topological polar surface area (TPSA) is 51.2 Å². The van der Waals surface area contributed by atoms with E-state index in [0.29, 0.717) is 18.2 Å². The van der Waals surface area contributed by atoms with Crippen LogP contribution >= 0.6 is 11.6 Å². The summed E-state index contributed by atoms with van der Waals surface area (Å²) in [6, 6.07) is 9.38. The van der Waals surface area contributed by atoms with E-state index in [2.05, 4.69) is 10.3 Å². The SMILES string of the molecule is O=C1CCc2cc(OCc3cccnc3Cl)ccc2N1. The highest BCUT2D eigenvalue weighted by Gasteiger charge is 2.15. The van der Waals surface area contributed by atoms with Gasteiger partial charge in [0.2, 0.25) is 5.91 Å². The van der Waals surface area contributed by atoms with Gasteiger partial charge in [0, 0.05) is 23.9 Å². The molecule has 102 valence electrons. The first-order valence-electron chi connectivity index (χ1n) is 6.37. The molecule has 0 unspecified atom stereocenters. The van der Waals surface area contributed by atoms with E-state index in [1.54, 1.807) is 6.20 Å². The normalized spacial score (nSPS) is 13.6. The number of hydrogen-bond acceptors (Lipinski definition) is 3. The van der Waals surface area contributed by atoms with Crippen molar-refractivity contribution in [3.63, 3.8) is 0 Å². The van der Waals surface area contributed by atoms with Gasteiger partial charge in [0.1, 0.15) is 17.5 Å². The number of aromatic nitrogens is 1. The average Bonchev–Trinajstić information content (AvgIpc) is 2.46. The molecule has 0 radical (unpaired) electrons. The zero-order valence-electron chi connectivity index (χ0n) is 10.7. The molecule has 1 aromatic heterocycles. The largest absolute Gasteiger partial charge is 0.489 e. The minimum absolute atomic E-state index is 0.0633. The third-order valence-corrected chi connectivity index (χ3v) is 3.54. The highest BCUT2D eigenvalue weighted by atomic mass is 35.5. The summed E-state index contributed by atoms with van der Waals surface area (Å²) < 4.78 is 5.73. The highest BCUT2D eigenvalue weighted by Crippen LogP contribution is 2.27.